The van der Waals surface area contributed by atoms with E-state index in [2.05, 4.69) is 0 Å². The first-order valence-corrected chi connectivity index (χ1v) is 7.40. The van der Waals surface area contributed by atoms with Crippen LogP contribution in [0.15, 0.2) is 24.3 Å². The molecule has 0 aromatic heterocycles. The van der Waals surface area contributed by atoms with Gasteiger partial charge in [0.2, 0.25) is 0 Å². The fraction of sp³-hybridized carbons (Fsp3) is 0.625. The fourth-order valence-corrected chi connectivity index (χ4v) is 5.47. The predicted octanol–water partition coefficient (Wildman–Crippen LogP) is -0.341. The van der Waals surface area contributed by atoms with Gasteiger partial charge < -0.3 is 19.7 Å². The summed E-state index contributed by atoms with van der Waals surface area (Å²) in [6, 6.07) is 0. The lowest BCUT2D eigenvalue weighted by atomic mass is 9.78. The molecule has 0 aromatic carbocycles. The Hall–Kier alpha value is -1.66. The van der Waals surface area contributed by atoms with Crippen molar-refractivity contribution in [2.45, 2.75) is 11.2 Å². The van der Waals surface area contributed by atoms with Gasteiger partial charge in [0.05, 0.1) is 14.2 Å². The van der Waals surface area contributed by atoms with Crippen molar-refractivity contribution in [3.05, 3.63) is 24.3 Å². The van der Waals surface area contributed by atoms with E-state index in [0.29, 0.717) is 0 Å². The largest absolute Gasteiger partial charge is 0.467 e. The number of hydrogen-bond acceptors (Lipinski definition) is 6. The summed E-state index contributed by atoms with van der Waals surface area (Å²) in [5.41, 5.74) is -3.25. The van der Waals surface area contributed by atoms with Crippen molar-refractivity contribution in [3.8, 4) is 0 Å². The molecule has 6 nitrogen and oxygen atoms in total. The molecule has 4 unspecified atom stereocenters. The monoisotopic (exact) mass is 306 g/mol. The summed E-state index contributed by atoms with van der Waals surface area (Å²) in [4.78, 5) is 24.4. The number of esters is 2. The van der Waals surface area contributed by atoms with Gasteiger partial charge in [-0.1, -0.05) is 24.3 Å². The van der Waals surface area contributed by atoms with Crippen molar-refractivity contribution in [2.75, 3.05) is 14.2 Å². The minimum Gasteiger partial charge on any atom is -0.467 e. The minimum absolute atomic E-state index is 0.168. The summed E-state index contributed by atoms with van der Waals surface area (Å²) in [6.45, 7) is 0. The quantitative estimate of drug-likeness (QED) is 0.535. The summed E-state index contributed by atoms with van der Waals surface area (Å²) in [5, 5.41) is 22.1. The number of aliphatic hydroxyl groups is 2. The van der Waals surface area contributed by atoms with E-state index in [1.807, 2.05) is 0 Å². The molecule has 22 heavy (non-hydrogen) atoms. The molecule has 0 aromatic rings. The highest BCUT2D eigenvalue weighted by atomic mass is 16.5. The normalized spacial score (nSPS) is 52.9. The maximum Gasteiger partial charge on any atom is 0.339 e. The zero-order valence-electron chi connectivity index (χ0n) is 12.3. The van der Waals surface area contributed by atoms with Crippen molar-refractivity contribution >= 4 is 11.9 Å². The van der Waals surface area contributed by atoms with Crippen LogP contribution in [0, 0.1) is 35.5 Å². The van der Waals surface area contributed by atoms with E-state index in [1.165, 1.54) is 14.2 Å². The molecule has 0 radical (unpaired) electrons. The van der Waals surface area contributed by atoms with E-state index in [0.717, 1.165) is 0 Å². The highest BCUT2D eigenvalue weighted by Gasteiger charge is 2.77. The molecule has 2 saturated carbocycles. The molecule has 2 fully saturated rings. The summed E-state index contributed by atoms with van der Waals surface area (Å²) in [5.74, 6) is -3.46. The van der Waals surface area contributed by atoms with Crippen LogP contribution in [0.2, 0.25) is 0 Å². The molecule has 0 spiro atoms. The lowest BCUT2D eigenvalue weighted by Crippen LogP contribution is -2.52. The van der Waals surface area contributed by atoms with Crippen LogP contribution in [0.25, 0.3) is 0 Å². The Labute approximate surface area is 127 Å². The Kier molecular flexibility index (Phi) is 2.54. The molecule has 0 saturated heterocycles. The van der Waals surface area contributed by atoms with Gasteiger partial charge in [-0.05, 0) is 11.8 Å². The number of carbonyl (C=O) groups is 2. The molecule has 0 heterocycles. The predicted molar refractivity (Wildman–Crippen MR) is 73.2 cm³/mol. The lowest BCUT2D eigenvalue weighted by Gasteiger charge is -2.33. The van der Waals surface area contributed by atoms with Gasteiger partial charge >= 0.3 is 11.9 Å². The van der Waals surface area contributed by atoms with Crippen LogP contribution < -0.4 is 0 Å². The zero-order valence-corrected chi connectivity index (χ0v) is 12.3. The van der Waals surface area contributed by atoms with E-state index >= 15 is 0 Å². The second kappa shape index (κ2) is 4.00. The molecule has 0 amide bonds. The highest BCUT2D eigenvalue weighted by Crippen LogP contribution is 2.69. The molecule has 4 aliphatic carbocycles. The van der Waals surface area contributed by atoms with Crippen molar-refractivity contribution < 1.29 is 29.3 Å². The van der Waals surface area contributed by atoms with E-state index < -0.39 is 46.8 Å². The fourth-order valence-electron chi connectivity index (χ4n) is 5.47. The van der Waals surface area contributed by atoms with Gasteiger partial charge in [-0.15, -0.1) is 0 Å². The second-order valence-electron chi connectivity index (χ2n) is 6.66. The smallest absolute Gasteiger partial charge is 0.339 e. The first kappa shape index (κ1) is 14.0. The topological polar surface area (TPSA) is 93.1 Å². The van der Waals surface area contributed by atoms with Crippen LogP contribution in [-0.2, 0) is 19.1 Å². The molecule has 118 valence electrons. The first-order chi connectivity index (χ1) is 10.4. The van der Waals surface area contributed by atoms with Gasteiger partial charge in [0.15, 0.2) is 11.2 Å². The maximum absolute atomic E-state index is 12.2. The number of carbonyl (C=O) groups excluding carboxylic acids is 2. The maximum atomic E-state index is 12.2. The molecule has 4 rings (SSSR count). The van der Waals surface area contributed by atoms with E-state index in [9.17, 15) is 19.8 Å². The molecule has 0 bridgehead atoms. The number of ether oxygens (including phenoxy) is 2. The Morgan fingerprint density at radius 1 is 0.773 bits per heavy atom. The van der Waals surface area contributed by atoms with Crippen molar-refractivity contribution in [3.63, 3.8) is 0 Å². The molecular weight excluding hydrogens is 288 g/mol. The molecular formula is C16H18O6. The number of hydrogen-bond donors (Lipinski definition) is 2. The van der Waals surface area contributed by atoms with Crippen LogP contribution >= 0.6 is 0 Å². The Morgan fingerprint density at radius 3 is 1.27 bits per heavy atom. The highest BCUT2D eigenvalue weighted by molar-refractivity contribution is 5.85. The average molecular weight is 306 g/mol. The third kappa shape index (κ3) is 1.18. The van der Waals surface area contributed by atoms with Gasteiger partial charge in [0.25, 0.3) is 0 Å². The average Bonchev–Trinajstić information content (AvgIpc) is 3.22. The van der Waals surface area contributed by atoms with E-state index in [-0.39, 0.29) is 11.8 Å². The molecule has 6 heteroatoms. The van der Waals surface area contributed by atoms with Crippen molar-refractivity contribution in [1.29, 1.82) is 0 Å². The Morgan fingerprint density at radius 2 is 1.05 bits per heavy atom. The molecule has 0 aliphatic heterocycles. The van der Waals surface area contributed by atoms with E-state index in [4.69, 9.17) is 9.47 Å². The number of rotatable bonds is 2. The van der Waals surface area contributed by atoms with E-state index in [1.54, 1.807) is 24.3 Å². The number of methoxy groups -OCH3 is 2. The summed E-state index contributed by atoms with van der Waals surface area (Å²) < 4.78 is 9.63. The van der Waals surface area contributed by atoms with Crippen LogP contribution in [0.5, 0.6) is 0 Å². The second-order valence-corrected chi connectivity index (χ2v) is 6.66. The zero-order chi connectivity index (χ0) is 15.9. The van der Waals surface area contributed by atoms with Crippen LogP contribution in [0.1, 0.15) is 0 Å². The molecule has 2 N–H and O–H groups in total. The van der Waals surface area contributed by atoms with Gasteiger partial charge in [0.1, 0.15) is 0 Å². The van der Waals surface area contributed by atoms with Gasteiger partial charge in [-0.2, -0.15) is 0 Å². The minimum atomic E-state index is -1.63. The third-order valence-corrected chi connectivity index (χ3v) is 6.21. The van der Waals surface area contributed by atoms with Gasteiger partial charge in [-0.25, -0.2) is 9.59 Å². The van der Waals surface area contributed by atoms with Gasteiger partial charge in [0, 0.05) is 23.7 Å². The van der Waals surface area contributed by atoms with Gasteiger partial charge in [-0.3, -0.25) is 0 Å². The van der Waals surface area contributed by atoms with Crippen LogP contribution in [-0.4, -0.2) is 47.6 Å². The standard InChI is InChI=1S/C16H18O6/c1-21-13(17)15(19)7-3-5-9-11(7)12-8(15)4-6-10(12)16(9,20)14(18)22-2/h3-12,19-20H,1-2H3/t7-,8-,9-,10+,11?,12?,15?,16?/m0/s1. The van der Waals surface area contributed by atoms with Crippen molar-refractivity contribution in [2.24, 2.45) is 35.5 Å². The Balaban J connectivity index is 1.84. The lowest BCUT2D eigenvalue weighted by molar-refractivity contribution is -0.174. The summed E-state index contributed by atoms with van der Waals surface area (Å²) >= 11 is 0. The molecule has 4 aliphatic rings. The van der Waals surface area contributed by atoms with Crippen LogP contribution in [0.3, 0.4) is 0 Å². The van der Waals surface area contributed by atoms with Crippen LogP contribution in [0.4, 0.5) is 0 Å². The SMILES string of the molecule is COC(=O)C1(O)[C@@H]2C=C[C@H]3C2C2[C@@H]1C=C[C@@H]2C3(O)C(=O)OC. The molecule has 8 atom stereocenters. The third-order valence-electron chi connectivity index (χ3n) is 6.21. The summed E-state index contributed by atoms with van der Waals surface area (Å²) in [7, 11) is 2.51. The Bertz CT molecular complexity index is 538. The van der Waals surface area contributed by atoms with Crippen molar-refractivity contribution in [1.82, 2.24) is 0 Å². The first-order valence-electron chi connectivity index (χ1n) is 7.40. The summed E-state index contributed by atoms with van der Waals surface area (Å²) in [6.07, 6.45) is 6.95.